The smallest absolute Gasteiger partial charge is 0.0415 e. The van der Waals surface area contributed by atoms with Crippen LogP contribution in [0.2, 0.25) is 0 Å². The van der Waals surface area contributed by atoms with E-state index in [0.717, 1.165) is 12.8 Å². The molecule has 1 unspecified atom stereocenters. The van der Waals surface area contributed by atoms with Crippen LogP contribution < -0.4 is 5.73 Å². The van der Waals surface area contributed by atoms with E-state index in [9.17, 15) is 0 Å². The van der Waals surface area contributed by atoms with Gasteiger partial charge in [0.05, 0.1) is 0 Å². The number of fused-ring (bicyclic) bond motifs is 1. The lowest BCUT2D eigenvalue weighted by Crippen LogP contribution is -2.34. The van der Waals surface area contributed by atoms with Gasteiger partial charge in [-0.1, -0.05) is 32.0 Å². The molecule has 1 aromatic carbocycles. The maximum Gasteiger partial charge on any atom is 0.0415 e. The Balaban J connectivity index is 1.94. The first-order chi connectivity index (χ1) is 7.99. The molecule has 0 aromatic heterocycles. The van der Waals surface area contributed by atoms with Crippen LogP contribution in [0.15, 0.2) is 18.2 Å². The van der Waals surface area contributed by atoms with Crippen molar-refractivity contribution in [3.8, 4) is 0 Å². The van der Waals surface area contributed by atoms with Crippen molar-refractivity contribution in [3.05, 3.63) is 34.9 Å². The monoisotopic (exact) mass is 229 g/mol. The molecule has 3 rings (SSSR count). The third-order valence-electron chi connectivity index (χ3n) is 4.72. The standard InChI is InChI=1S/C16H23N/c1-15(2)8-9-16(17,11-15)14-7-6-12-4-3-5-13(12)10-14/h6-7,10H,3-5,8-9,11,17H2,1-2H3. The van der Waals surface area contributed by atoms with E-state index >= 15 is 0 Å². The molecule has 2 N–H and O–H groups in total. The minimum absolute atomic E-state index is 0.0683. The summed E-state index contributed by atoms with van der Waals surface area (Å²) in [4.78, 5) is 0. The fraction of sp³-hybridized carbons (Fsp3) is 0.625. The highest BCUT2D eigenvalue weighted by Gasteiger charge is 2.41. The second kappa shape index (κ2) is 3.58. The minimum atomic E-state index is -0.0683. The Morgan fingerprint density at radius 2 is 1.82 bits per heavy atom. The maximum absolute atomic E-state index is 6.65. The Kier molecular flexibility index (Phi) is 2.38. The number of hydrogen-bond acceptors (Lipinski definition) is 1. The third kappa shape index (κ3) is 1.91. The van der Waals surface area contributed by atoms with Gasteiger partial charge in [-0.2, -0.15) is 0 Å². The Hall–Kier alpha value is -0.820. The van der Waals surface area contributed by atoms with Crippen molar-refractivity contribution in [1.29, 1.82) is 0 Å². The molecule has 0 spiro atoms. The lowest BCUT2D eigenvalue weighted by molar-refractivity contribution is 0.339. The molecule has 0 aliphatic heterocycles. The van der Waals surface area contributed by atoms with Gasteiger partial charge in [-0.3, -0.25) is 0 Å². The molecule has 0 radical (unpaired) electrons. The molecule has 1 aromatic rings. The van der Waals surface area contributed by atoms with Crippen molar-refractivity contribution in [2.45, 2.75) is 57.9 Å². The molecular weight excluding hydrogens is 206 g/mol. The second-order valence-corrected chi connectivity index (χ2v) is 6.83. The van der Waals surface area contributed by atoms with Crippen molar-refractivity contribution in [2.24, 2.45) is 11.1 Å². The molecule has 2 aliphatic carbocycles. The van der Waals surface area contributed by atoms with E-state index in [1.54, 1.807) is 11.1 Å². The number of rotatable bonds is 1. The van der Waals surface area contributed by atoms with Gasteiger partial charge in [0.25, 0.3) is 0 Å². The van der Waals surface area contributed by atoms with Crippen LogP contribution in [0.1, 0.15) is 56.2 Å². The zero-order chi connectivity index (χ0) is 12.1. The molecule has 0 heterocycles. The summed E-state index contributed by atoms with van der Waals surface area (Å²) < 4.78 is 0. The fourth-order valence-corrected chi connectivity index (χ4v) is 3.72. The average Bonchev–Trinajstić information content (AvgIpc) is 2.82. The fourth-order valence-electron chi connectivity index (χ4n) is 3.72. The molecule has 1 saturated carbocycles. The molecule has 0 amide bonds. The number of benzene rings is 1. The van der Waals surface area contributed by atoms with Crippen molar-refractivity contribution in [3.63, 3.8) is 0 Å². The third-order valence-corrected chi connectivity index (χ3v) is 4.72. The summed E-state index contributed by atoms with van der Waals surface area (Å²) in [5.41, 5.74) is 11.5. The van der Waals surface area contributed by atoms with Crippen LogP contribution in [0.5, 0.6) is 0 Å². The summed E-state index contributed by atoms with van der Waals surface area (Å²) in [6.07, 6.45) is 7.35. The minimum Gasteiger partial charge on any atom is -0.321 e. The first-order valence-electron chi connectivity index (χ1n) is 6.90. The molecule has 1 fully saturated rings. The van der Waals surface area contributed by atoms with Gasteiger partial charge in [0, 0.05) is 5.54 Å². The van der Waals surface area contributed by atoms with E-state index in [4.69, 9.17) is 5.73 Å². The summed E-state index contributed by atoms with van der Waals surface area (Å²) in [6, 6.07) is 6.99. The van der Waals surface area contributed by atoms with Gasteiger partial charge < -0.3 is 5.73 Å². The van der Waals surface area contributed by atoms with Gasteiger partial charge >= 0.3 is 0 Å². The van der Waals surface area contributed by atoms with Crippen LogP contribution in [0.25, 0.3) is 0 Å². The zero-order valence-corrected chi connectivity index (χ0v) is 11.1. The predicted octanol–water partition coefficient (Wildman–Crippen LogP) is 3.54. The van der Waals surface area contributed by atoms with Gasteiger partial charge in [-0.05, 0) is 60.6 Å². The molecular formula is C16H23N. The maximum atomic E-state index is 6.65. The summed E-state index contributed by atoms with van der Waals surface area (Å²) in [5, 5.41) is 0. The number of aryl methyl sites for hydroxylation is 2. The van der Waals surface area contributed by atoms with Crippen molar-refractivity contribution in [2.75, 3.05) is 0 Å². The van der Waals surface area contributed by atoms with Crippen LogP contribution in [0.3, 0.4) is 0 Å². The quantitative estimate of drug-likeness (QED) is 0.783. The van der Waals surface area contributed by atoms with Crippen molar-refractivity contribution < 1.29 is 0 Å². The van der Waals surface area contributed by atoms with Crippen molar-refractivity contribution in [1.82, 2.24) is 0 Å². The van der Waals surface area contributed by atoms with Crippen LogP contribution >= 0.6 is 0 Å². The summed E-state index contributed by atoms with van der Waals surface area (Å²) in [7, 11) is 0. The molecule has 1 atom stereocenters. The number of hydrogen-bond donors (Lipinski definition) is 1. The van der Waals surface area contributed by atoms with E-state index in [-0.39, 0.29) is 5.54 Å². The van der Waals surface area contributed by atoms with Gasteiger partial charge in [0.1, 0.15) is 0 Å². The predicted molar refractivity (Wildman–Crippen MR) is 72.0 cm³/mol. The summed E-state index contributed by atoms with van der Waals surface area (Å²) in [6.45, 7) is 4.68. The van der Waals surface area contributed by atoms with Crippen LogP contribution in [-0.4, -0.2) is 0 Å². The molecule has 0 saturated heterocycles. The highest BCUT2D eigenvalue weighted by molar-refractivity contribution is 5.38. The van der Waals surface area contributed by atoms with Gasteiger partial charge in [-0.15, -0.1) is 0 Å². The molecule has 0 bridgehead atoms. The second-order valence-electron chi connectivity index (χ2n) is 6.83. The van der Waals surface area contributed by atoms with E-state index < -0.39 is 0 Å². The Bertz CT molecular complexity index is 447. The zero-order valence-electron chi connectivity index (χ0n) is 11.1. The van der Waals surface area contributed by atoms with Gasteiger partial charge in [0.15, 0.2) is 0 Å². The van der Waals surface area contributed by atoms with Crippen LogP contribution in [0, 0.1) is 5.41 Å². The van der Waals surface area contributed by atoms with E-state index in [0.29, 0.717) is 5.41 Å². The molecule has 1 heteroatoms. The topological polar surface area (TPSA) is 26.0 Å². The van der Waals surface area contributed by atoms with Crippen LogP contribution in [0.4, 0.5) is 0 Å². The van der Waals surface area contributed by atoms with Gasteiger partial charge in [0.2, 0.25) is 0 Å². The van der Waals surface area contributed by atoms with Crippen LogP contribution in [-0.2, 0) is 18.4 Å². The lowest BCUT2D eigenvalue weighted by Gasteiger charge is -2.27. The summed E-state index contributed by atoms with van der Waals surface area (Å²) >= 11 is 0. The van der Waals surface area contributed by atoms with E-state index in [1.807, 2.05) is 0 Å². The lowest BCUT2D eigenvalue weighted by atomic mass is 9.83. The van der Waals surface area contributed by atoms with E-state index in [2.05, 4.69) is 32.0 Å². The molecule has 1 nitrogen and oxygen atoms in total. The Labute approximate surface area is 104 Å². The number of nitrogens with two attached hydrogens (primary N) is 1. The molecule has 2 aliphatic rings. The highest BCUT2D eigenvalue weighted by atomic mass is 14.8. The first-order valence-corrected chi connectivity index (χ1v) is 6.90. The molecule has 92 valence electrons. The Morgan fingerprint density at radius 1 is 1.06 bits per heavy atom. The summed E-state index contributed by atoms with van der Waals surface area (Å²) in [5.74, 6) is 0. The Morgan fingerprint density at radius 3 is 2.53 bits per heavy atom. The van der Waals surface area contributed by atoms with Crippen molar-refractivity contribution >= 4 is 0 Å². The normalized spacial score (nSPS) is 30.5. The SMILES string of the molecule is CC1(C)CCC(N)(c2ccc3c(c2)CCC3)C1. The highest BCUT2D eigenvalue weighted by Crippen LogP contribution is 2.47. The first kappa shape index (κ1) is 11.3. The van der Waals surface area contributed by atoms with E-state index in [1.165, 1.54) is 31.2 Å². The van der Waals surface area contributed by atoms with Gasteiger partial charge in [-0.25, -0.2) is 0 Å². The largest absolute Gasteiger partial charge is 0.321 e. The molecule has 17 heavy (non-hydrogen) atoms. The average molecular weight is 229 g/mol.